The van der Waals surface area contributed by atoms with Gasteiger partial charge in [0.1, 0.15) is 0 Å². The normalized spacial score (nSPS) is 18.8. The van der Waals surface area contributed by atoms with Crippen molar-refractivity contribution in [3.05, 3.63) is 23.5 Å². The number of nitrogens with two attached hydrogens (primary N) is 1. The van der Waals surface area contributed by atoms with Gasteiger partial charge >= 0.3 is 0 Å². The average Bonchev–Trinajstić information content (AvgIpc) is 2.04. The van der Waals surface area contributed by atoms with Gasteiger partial charge in [0.25, 0.3) is 0 Å². The zero-order chi connectivity index (χ0) is 7.56. The Morgan fingerprint density at radius 2 is 2.20 bits per heavy atom. The number of allylic oxidation sites excluding steroid dienone is 4. The van der Waals surface area contributed by atoms with Gasteiger partial charge in [-0.25, -0.2) is 0 Å². The van der Waals surface area contributed by atoms with E-state index in [1.165, 1.54) is 5.70 Å². The second kappa shape index (κ2) is 3.18. The molecular weight excluding hydrogens is 239 g/mol. The van der Waals surface area contributed by atoms with Gasteiger partial charge in [0.2, 0.25) is 0 Å². The van der Waals surface area contributed by atoms with Crippen LogP contribution in [0.25, 0.3) is 0 Å². The minimum atomic E-state index is -0.00926. The summed E-state index contributed by atoms with van der Waals surface area (Å²) in [5.74, 6) is 0. The first-order chi connectivity index (χ1) is 4.70. The number of hydrogen-bond donors (Lipinski definition) is 1. The van der Waals surface area contributed by atoms with Crippen LogP contribution < -0.4 is 5.73 Å². The summed E-state index contributed by atoms with van der Waals surface area (Å²) < 4.78 is 4.38. The smallest absolute Gasteiger partial charge is 0.0385 e. The van der Waals surface area contributed by atoms with Crippen molar-refractivity contribution < 1.29 is 0 Å². The molecule has 0 fully saturated rings. The second-order valence-corrected chi connectivity index (χ2v) is 4.79. The third-order valence-electron chi connectivity index (χ3n) is 1.32. The van der Waals surface area contributed by atoms with Crippen molar-refractivity contribution in [2.75, 3.05) is 7.05 Å². The van der Waals surface area contributed by atoms with E-state index in [0.29, 0.717) is 0 Å². The minimum absolute atomic E-state index is 0.00926. The lowest BCUT2D eigenvalue weighted by Crippen LogP contribution is -2.00. The van der Waals surface area contributed by atoms with Crippen molar-refractivity contribution in [3.8, 4) is 0 Å². The van der Waals surface area contributed by atoms with E-state index in [2.05, 4.69) is 27.2 Å². The van der Waals surface area contributed by atoms with Gasteiger partial charge in [-0.3, -0.25) is 0 Å². The maximum Gasteiger partial charge on any atom is 0.0385 e. The fourth-order valence-electron chi connectivity index (χ4n) is 0.562. The summed E-state index contributed by atoms with van der Waals surface area (Å²) in [5, 5.41) is 0. The third-order valence-corrected chi connectivity index (χ3v) is 3.92. The van der Waals surface area contributed by atoms with Gasteiger partial charge in [-0.1, -0.05) is 0 Å². The van der Waals surface area contributed by atoms with Crippen LogP contribution in [-0.4, -0.2) is 14.2 Å². The summed E-state index contributed by atoms with van der Waals surface area (Å²) in [7, 11) is 2.10. The molecule has 0 amide bonds. The molecule has 0 aromatic heterocycles. The highest BCUT2D eigenvalue weighted by Gasteiger charge is 1.96. The van der Waals surface area contributed by atoms with Crippen LogP contribution in [0.4, 0.5) is 0 Å². The largest absolute Gasteiger partial charge is 0.398 e. The van der Waals surface area contributed by atoms with Gasteiger partial charge < -0.3 is 8.85 Å². The Hall–Kier alpha value is -0.320. The Morgan fingerprint density at radius 3 is 2.90 bits per heavy atom. The van der Waals surface area contributed by atoms with Crippen LogP contribution in [-0.2, 0) is 0 Å². The van der Waals surface area contributed by atoms with Gasteiger partial charge in [0, 0.05) is 43.5 Å². The van der Waals surface area contributed by atoms with Crippen molar-refractivity contribution in [2.45, 2.75) is 6.92 Å². The van der Waals surface area contributed by atoms with Crippen molar-refractivity contribution in [3.63, 3.8) is 0 Å². The zero-order valence-electron chi connectivity index (χ0n) is 6.13. The first kappa shape index (κ1) is 7.78. The fraction of sp³-hybridized carbons (Fsp3) is 0.286. The van der Waals surface area contributed by atoms with Gasteiger partial charge in [-0.05, 0) is 19.1 Å². The first-order valence-electron chi connectivity index (χ1n) is 3.05. The Balaban J connectivity index is 2.88. The highest BCUT2D eigenvalue weighted by atomic mass is 127. The molecule has 1 rings (SSSR count). The van der Waals surface area contributed by atoms with Crippen molar-refractivity contribution >= 4 is 25.0 Å². The molecule has 0 saturated carbocycles. The van der Waals surface area contributed by atoms with Crippen LogP contribution in [0.15, 0.2) is 23.5 Å². The van der Waals surface area contributed by atoms with E-state index in [4.69, 9.17) is 5.73 Å². The maximum absolute atomic E-state index is 5.62. The van der Waals surface area contributed by atoms with Gasteiger partial charge in [-0.15, -0.1) is 0 Å². The van der Waals surface area contributed by atoms with Gasteiger partial charge in [0.05, 0.1) is 0 Å². The number of rotatable bonds is 0. The highest BCUT2D eigenvalue weighted by Crippen LogP contribution is 2.15. The predicted octanol–water partition coefficient (Wildman–Crippen LogP) is 1.37. The van der Waals surface area contributed by atoms with Crippen LogP contribution in [0.2, 0.25) is 0 Å². The van der Waals surface area contributed by atoms with Crippen molar-refractivity contribution in [1.29, 1.82) is 0 Å². The van der Waals surface area contributed by atoms with Gasteiger partial charge in [0.15, 0.2) is 0 Å². The van der Waals surface area contributed by atoms with Crippen LogP contribution >= 0.6 is 21.0 Å². The monoisotopic (exact) mass is 250 g/mol. The summed E-state index contributed by atoms with van der Waals surface area (Å²) in [6, 6.07) is 0. The molecule has 0 aromatic rings. The molecule has 0 aromatic carbocycles. The molecule has 0 radical (unpaired) electrons. The van der Waals surface area contributed by atoms with E-state index in [-0.39, 0.29) is 21.0 Å². The van der Waals surface area contributed by atoms with Crippen LogP contribution in [0.5, 0.6) is 0 Å². The van der Waals surface area contributed by atoms with Crippen molar-refractivity contribution in [2.24, 2.45) is 5.73 Å². The lowest BCUT2D eigenvalue weighted by Gasteiger charge is -2.10. The molecule has 1 heterocycles. The molecule has 0 unspecified atom stereocenters. The molecule has 2 N–H and O–H groups in total. The SMILES string of the molecule is CC1=CC=C(N)C=IN1C. The summed E-state index contributed by atoms with van der Waals surface area (Å²) in [5.41, 5.74) is 7.82. The van der Waals surface area contributed by atoms with E-state index in [9.17, 15) is 0 Å². The van der Waals surface area contributed by atoms with E-state index >= 15 is 0 Å². The van der Waals surface area contributed by atoms with Crippen molar-refractivity contribution in [1.82, 2.24) is 3.11 Å². The molecular formula is C7H11IN2. The Morgan fingerprint density at radius 1 is 1.50 bits per heavy atom. The number of hydrogen-bond acceptors (Lipinski definition) is 2. The van der Waals surface area contributed by atoms with Crippen LogP contribution in [0.3, 0.4) is 0 Å². The highest BCUT2D eigenvalue weighted by molar-refractivity contribution is 14.2. The quantitative estimate of drug-likeness (QED) is 0.519. The fourth-order valence-corrected chi connectivity index (χ4v) is 2.11. The zero-order valence-corrected chi connectivity index (χ0v) is 8.29. The first-order valence-corrected chi connectivity index (χ1v) is 5.26. The van der Waals surface area contributed by atoms with Crippen LogP contribution in [0.1, 0.15) is 6.92 Å². The molecule has 2 nitrogen and oxygen atoms in total. The molecule has 0 atom stereocenters. The molecule has 0 spiro atoms. The lowest BCUT2D eigenvalue weighted by atomic mass is 10.4. The number of nitrogens with zero attached hydrogens (tertiary/aromatic N) is 1. The standard InChI is InChI=1S/C7H11IN2/c1-6-3-4-7(9)5-8-10(6)2/h3-5H,9H2,1-2H3. The Labute approximate surface area is 71.5 Å². The summed E-state index contributed by atoms with van der Waals surface area (Å²) in [6.07, 6.45) is 4.01. The van der Waals surface area contributed by atoms with Gasteiger partial charge in [-0.2, -0.15) is 0 Å². The lowest BCUT2D eigenvalue weighted by molar-refractivity contribution is 0.756. The molecule has 1 aliphatic rings. The summed E-state index contributed by atoms with van der Waals surface area (Å²) in [4.78, 5) is 0. The Bertz CT molecular complexity index is 216. The summed E-state index contributed by atoms with van der Waals surface area (Å²) >= 11 is -0.00926. The summed E-state index contributed by atoms with van der Waals surface area (Å²) in [6.45, 7) is 2.10. The van der Waals surface area contributed by atoms with E-state index in [1.54, 1.807) is 0 Å². The minimum Gasteiger partial charge on any atom is -0.398 e. The Kier molecular flexibility index (Phi) is 2.48. The second-order valence-electron chi connectivity index (χ2n) is 2.16. The number of halogens is 1. The maximum atomic E-state index is 5.62. The van der Waals surface area contributed by atoms with Crippen LogP contribution in [0, 0.1) is 0 Å². The molecule has 0 saturated heterocycles. The molecule has 10 heavy (non-hydrogen) atoms. The molecule has 1 aliphatic heterocycles. The van der Waals surface area contributed by atoms with E-state index in [0.717, 1.165) is 5.70 Å². The molecule has 0 bridgehead atoms. The third kappa shape index (κ3) is 1.83. The van der Waals surface area contributed by atoms with E-state index in [1.807, 2.05) is 6.08 Å². The topological polar surface area (TPSA) is 29.3 Å². The molecule has 3 heteroatoms. The van der Waals surface area contributed by atoms with E-state index < -0.39 is 0 Å². The molecule has 56 valence electrons. The molecule has 0 aliphatic carbocycles. The predicted molar refractivity (Wildman–Crippen MR) is 53.9 cm³/mol. The average molecular weight is 250 g/mol.